The first kappa shape index (κ1) is 14.5. The van der Waals surface area contributed by atoms with Gasteiger partial charge in [-0.05, 0) is 20.0 Å². The summed E-state index contributed by atoms with van der Waals surface area (Å²) in [4.78, 5) is 2.32. The minimum atomic E-state index is -2.38. The molecule has 0 spiro atoms. The van der Waals surface area contributed by atoms with Gasteiger partial charge in [0.05, 0.1) is 6.61 Å². The molecule has 0 N–H and O–H groups in total. The molecular weight excluding hydrogens is 217 g/mol. The molecule has 0 aliphatic carbocycles. The zero-order valence-electron chi connectivity index (χ0n) is 9.65. The van der Waals surface area contributed by atoms with Crippen LogP contribution in [-0.4, -0.2) is 43.6 Å². The summed E-state index contributed by atoms with van der Waals surface area (Å²) in [6.45, 7) is 9.11. The van der Waals surface area contributed by atoms with Gasteiger partial charge in [0.2, 0.25) is 0 Å². The fourth-order valence-electron chi connectivity index (χ4n) is 1.15. The van der Waals surface area contributed by atoms with E-state index >= 15 is 0 Å². The largest absolute Gasteiger partial charge is 0.322 e. The minimum Gasteiger partial charge on any atom is -0.322 e. The Morgan fingerprint density at radius 1 is 1.29 bits per heavy atom. The third kappa shape index (κ3) is 6.88. The molecule has 1 unspecified atom stereocenters. The Hall–Kier alpha value is 0.500. The van der Waals surface area contributed by atoms with E-state index in [0.717, 1.165) is 25.4 Å². The van der Waals surface area contributed by atoms with Gasteiger partial charge in [-0.3, -0.25) is 4.57 Å². The van der Waals surface area contributed by atoms with E-state index in [9.17, 15) is 4.57 Å². The highest BCUT2D eigenvalue weighted by molar-refractivity contribution is 8.56. The predicted molar refractivity (Wildman–Crippen MR) is 65.4 cm³/mol. The van der Waals surface area contributed by atoms with Gasteiger partial charge in [0.25, 0.3) is 6.57 Å². The molecule has 0 amide bonds. The molecule has 0 saturated heterocycles. The fraction of sp³-hybridized carbons (Fsp3) is 1.00. The Kier molecular flexibility index (Phi) is 8.02. The predicted octanol–water partition coefficient (Wildman–Crippen LogP) is 2.92. The van der Waals surface area contributed by atoms with Crippen molar-refractivity contribution in [3.05, 3.63) is 0 Å². The van der Waals surface area contributed by atoms with Crippen LogP contribution in [0.3, 0.4) is 0 Å². The SMILES string of the molecule is CCOP(C)(=O)SCCN(CC)CC. The van der Waals surface area contributed by atoms with Gasteiger partial charge < -0.3 is 9.42 Å². The first-order valence-electron chi connectivity index (χ1n) is 5.14. The minimum absolute atomic E-state index is 0.534. The van der Waals surface area contributed by atoms with Crippen LogP contribution in [-0.2, 0) is 9.09 Å². The van der Waals surface area contributed by atoms with E-state index in [1.807, 2.05) is 6.92 Å². The van der Waals surface area contributed by atoms with Gasteiger partial charge in [0.1, 0.15) is 0 Å². The van der Waals surface area contributed by atoms with Crippen molar-refractivity contribution in [2.45, 2.75) is 20.8 Å². The Bertz CT molecular complexity index is 186. The number of hydrogen-bond donors (Lipinski definition) is 0. The number of rotatable bonds is 8. The standard InChI is InChI=1S/C9H22NO2PS/c1-5-10(6-2)8-9-14-13(4,11)12-7-3/h5-9H2,1-4H3. The summed E-state index contributed by atoms with van der Waals surface area (Å²) in [7, 11) is 0. The molecule has 3 nitrogen and oxygen atoms in total. The topological polar surface area (TPSA) is 29.5 Å². The van der Waals surface area contributed by atoms with Crippen molar-refractivity contribution in [1.82, 2.24) is 4.90 Å². The summed E-state index contributed by atoms with van der Waals surface area (Å²) in [5, 5.41) is 0. The van der Waals surface area contributed by atoms with Gasteiger partial charge >= 0.3 is 0 Å². The molecule has 0 heterocycles. The van der Waals surface area contributed by atoms with E-state index in [-0.39, 0.29) is 0 Å². The molecule has 0 aliphatic heterocycles. The van der Waals surface area contributed by atoms with Crippen molar-refractivity contribution in [1.29, 1.82) is 0 Å². The molecule has 0 rings (SSSR count). The molecule has 0 aromatic rings. The van der Waals surface area contributed by atoms with Crippen LogP contribution in [0.4, 0.5) is 0 Å². The lowest BCUT2D eigenvalue weighted by Gasteiger charge is -2.18. The van der Waals surface area contributed by atoms with Gasteiger partial charge in [-0.25, -0.2) is 0 Å². The molecule has 1 atom stereocenters. The summed E-state index contributed by atoms with van der Waals surface area (Å²) in [6, 6.07) is 0. The van der Waals surface area contributed by atoms with Crippen LogP contribution in [0, 0.1) is 0 Å². The van der Waals surface area contributed by atoms with Crippen LogP contribution in [0.25, 0.3) is 0 Å². The normalized spacial score (nSPS) is 15.8. The molecule has 5 heteroatoms. The van der Waals surface area contributed by atoms with Crippen LogP contribution in [0.1, 0.15) is 20.8 Å². The summed E-state index contributed by atoms with van der Waals surface area (Å²) in [6.07, 6.45) is 0. The molecular formula is C9H22NO2PS. The lowest BCUT2D eigenvalue weighted by molar-refractivity contribution is 0.323. The summed E-state index contributed by atoms with van der Waals surface area (Å²) in [5.74, 6) is 0.884. The Morgan fingerprint density at radius 2 is 1.86 bits per heavy atom. The van der Waals surface area contributed by atoms with Gasteiger partial charge in [-0.1, -0.05) is 25.2 Å². The lowest BCUT2D eigenvalue weighted by atomic mass is 10.5. The smallest absolute Gasteiger partial charge is 0.254 e. The lowest BCUT2D eigenvalue weighted by Crippen LogP contribution is -2.25. The van der Waals surface area contributed by atoms with Crippen LogP contribution in [0.15, 0.2) is 0 Å². The summed E-state index contributed by atoms with van der Waals surface area (Å²) in [5.41, 5.74) is 0. The molecule has 0 radical (unpaired) electrons. The van der Waals surface area contributed by atoms with Gasteiger partial charge in [0, 0.05) is 19.0 Å². The number of hydrogen-bond acceptors (Lipinski definition) is 4. The van der Waals surface area contributed by atoms with Crippen molar-refractivity contribution in [3.8, 4) is 0 Å². The van der Waals surface area contributed by atoms with E-state index < -0.39 is 6.57 Å². The summed E-state index contributed by atoms with van der Waals surface area (Å²) >= 11 is 1.45. The number of nitrogens with zero attached hydrogens (tertiary/aromatic N) is 1. The van der Waals surface area contributed by atoms with Crippen molar-refractivity contribution in [3.63, 3.8) is 0 Å². The molecule has 0 bridgehead atoms. The van der Waals surface area contributed by atoms with Gasteiger partial charge in [-0.15, -0.1) is 0 Å². The van der Waals surface area contributed by atoms with Crippen LogP contribution >= 0.6 is 18.0 Å². The van der Waals surface area contributed by atoms with Crippen LogP contribution in [0.5, 0.6) is 0 Å². The van der Waals surface area contributed by atoms with E-state index in [0.29, 0.717) is 6.61 Å². The van der Waals surface area contributed by atoms with Gasteiger partial charge in [0.15, 0.2) is 0 Å². The third-order valence-corrected chi connectivity index (χ3v) is 5.82. The monoisotopic (exact) mass is 239 g/mol. The average Bonchev–Trinajstić information content (AvgIpc) is 2.12. The Balaban J connectivity index is 3.66. The van der Waals surface area contributed by atoms with Crippen LogP contribution < -0.4 is 0 Å². The zero-order chi connectivity index (χ0) is 11.0. The zero-order valence-corrected chi connectivity index (χ0v) is 11.4. The van der Waals surface area contributed by atoms with E-state index in [1.54, 1.807) is 6.66 Å². The molecule has 0 aliphatic rings. The van der Waals surface area contributed by atoms with E-state index in [2.05, 4.69) is 18.7 Å². The molecule has 86 valence electrons. The van der Waals surface area contributed by atoms with Crippen molar-refractivity contribution < 1.29 is 9.09 Å². The van der Waals surface area contributed by atoms with E-state index in [4.69, 9.17) is 4.52 Å². The average molecular weight is 239 g/mol. The summed E-state index contributed by atoms with van der Waals surface area (Å²) < 4.78 is 16.9. The first-order chi connectivity index (χ1) is 6.55. The second-order valence-electron chi connectivity index (χ2n) is 3.05. The van der Waals surface area contributed by atoms with E-state index in [1.165, 1.54) is 11.4 Å². The Morgan fingerprint density at radius 3 is 2.29 bits per heavy atom. The van der Waals surface area contributed by atoms with Crippen LogP contribution in [0.2, 0.25) is 0 Å². The second-order valence-corrected chi connectivity index (χ2v) is 8.28. The molecule has 0 fully saturated rings. The molecule has 0 aromatic carbocycles. The van der Waals surface area contributed by atoms with Crippen molar-refractivity contribution >= 4 is 18.0 Å². The fourth-order valence-corrected chi connectivity index (χ4v) is 4.14. The first-order valence-corrected chi connectivity index (χ1v) is 8.80. The maximum absolute atomic E-state index is 11.7. The van der Waals surface area contributed by atoms with Crippen molar-refractivity contribution in [2.75, 3.05) is 38.7 Å². The quantitative estimate of drug-likeness (QED) is 0.609. The highest BCUT2D eigenvalue weighted by Crippen LogP contribution is 2.55. The maximum Gasteiger partial charge on any atom is 0.254 e. The molecule has 0 aromatic heterocycles. The molecule has 14 heavy (non-hydrogen) atoms. The van der Waals surface area contributed by atoms with Crippen molar-refractivity contribution in [2.24, 2.45) is 0 Å². The van der Waals surface area contributed by atoms with Gasteiger partial charge in [-0.2, -0.15) is 0 Å². The third-order valence-electron chi connectivity index (χ3n) is 1.99. The molecule has 0 saturated carbocycles. The maximum atomic E-state index is 11.7. The highest BCUT2D eigenvalue weighted by atomic mass is 32.7. The second kappa shape index (κ2) is 7.75. The Labute approximate surface area is 91.8 Å². The highest BCUT2D eigenvalue weighted by Gasteiger charge is 2.15.